The second-order valence-corrected chi connectivity index (χ2v) is 9.02. The Balaban J connectivity index is 1.56. The summed E-state index contributed by atoms with van der Waals surface area (Å²) in [7, 11) is 1.61. The number of amides is 1. The number of thioether (sulfide) groups is 1. The molecule has 0 bridgehead atoms. The summed E-state index contributed by atoms with van der Waals surface area (Å²) in [5.74, 6) is 1.61. The van der Waals surface area contributed by atoms with E-state index in [-0.39, 0.29) is 11.7 Å². The van der Waals surface area contributed by atoms with Crippen LogP contribution in [0.3, 0.4) is 0 Å². The first-order valence-electron chi connectivity index (χ1n) is 9.70. The fourth-order valence-electron chi connectivity index (χ4n) is 3.12. The van der Waals surface area contributed by atoms with E-state index in [1.807, 2.05) is 25.1 Å². The number of ether oxygens (including phenoxy) is 1. The Bertz CT molecular complexity index is 1170. The van der Waals surface area contributed by atoms with Crippen LogP contribution in [0.4, 0.5) is 9.52 Å². The van der Waals surface area contributed by atoms with Crippen LogP contribution >= 0.6 is 23.1 Å². The molecule has 0 saturated carbocycles. The Morgan fingerprint density at radius 3 is 2.74 bits per heavy atom. The molecule has 0 aliphatic rings. The zero-order valence-corrected chi connectivity index (χ0v) is 18.8. The standard InChI is InChI=1S/C23H21FN2O3S2/c1-15-5-10-19(28-2)21-22(15)31-23(25-21)26(14-17-4-3-12-29-17)20(27)11-13-30-18-8-6-16(24)7-9-18/h3-10,12H,11,13-14H2,1-2H3. The molecule has 0 aliphatic heterocycles. The van der Waals surface area contributed by atoms with Gasteiger partial charge in [0.15, 0.2) is 5.13 Å². The Morgan fingerprint density at radius 2 is 2.03 bits per heavy atom. The van der Waals surface area contributed by atoms with Crippen molar-refractivity contribution in [3.05, 3.63) is 71.9 Å². The van der Waals surface area contributed by atoms with Gasteiger partial charge in [-0.3, -0.25) is 9.69 Å². The van der Waals surface area contributed by atoms with Crippen LogP contribution in [-0.4, -0.2) is 23.8 Å². The minimum Gasteiger partial charge on any atom is -0.494 e. The fourth-order valence-corrected chi connectivity index (χ4v) is 5.03. The molecule has 0 N–H and O–H groups in total. The lowest BCUT2D eigenvalue weighted by Gasteiger charge is -2.18. The number of nitrogens with zero attached hydrogens (tertiary/aromatic N) is 2. The van der Waals surface area contributed by atoms with Gasteiger partial charge < -0.3 is 9.15 Å². The molecule has 2 aromatic carbocycles. The predicted octanol–water partition coefficient (Wildman–Crippen LogP) is 6.06. The second kappa shape index (κ2) is 9.53. The van der Waals surface area contributed by atoms with E-state index in [2.05, 4.69) is 0 Å². The van der Waals surface area contributed by atoms with Crippen LogP contribution in [0.25, 0.3) is 10.2 Å². The number of hydrogen-bond acceptors (Lipinski definition) is 6. The largest absolute Gasteiger partial charge is 0.494 e. The van der Waals surface area contributed by atoms with Crippen molar-refractivity contribution in [1.29, 1.82) is 0 Å². The summed E-state index contributed by atoms with van der Waals surface area (Å²) in [5.41, 5.74) is 1.83. The zero-order valence-electron chi connectivity index (χ0n) is 17.1. The number of carbonyl (C=O) groups is 1. The molecule has 0 fully saturated rings. The SMILES string of the molecule is COc1ccc(C)c2sc(N(Cc3ccco3)C(=O)CCSc3ccc(F)cc3)nc12. The minimum absolute atomic E-state index is 0.0540. The molecule has 2 aromatic heterocycles. The van der Waals surface area contributed by atoms with Crippen molar-refractivity contribution in [2.24, 2.45) is 0 Å². The first-order valence-corrected chi connectivity index (χ1v) is 11.5. The van der Waals surface area contributed by atoms with Gasteiger partial charge in [-0.1, -0.05) is 17.4 Å². The number of methoxy groups -OCH3 is 1. The van der Waals surface area contributed by atoms with Gasteiger partial charge in [-0.2, -0.15) is 0 Å². The summed E-state index contributed by atoms with van der Waals surface area (Å²) < 4.78 is 25.0. The van der Waals surface area contributed by atoms with E-state index in [0.29, 0.717) is 35.4 Å². The van der Waals surface area contributed by atoms with Crippen molar-refractivity contribution in [3.8, 4) is 5.75 Å². The van der Waals surface area contributed by atoms with Crippen LogP contribution in [-0.2, 0) is 11.3 Å². The van der Waals surface area contributed by atoms with Crippen LogP contribution in [0.1, 0.15) is 17.7 Å². The number of halogens is 1. The lowest BCUT2D eigenvalue weighted by Crippen LogP contribution is -2.30. The Labute approximate surface area is 187 Å². The van der Waals surface area contributed by atoms with E-state index in [4.69, 9.17) is 14.1 Å². The number of carbonyl (C=O) groups excluding carboxylic acids is 1. The van der Waals surface area contributed by atoms with Crippen LogP contribution < -0.4 is 9.64 Å². The molecule has 0 aliphatic carbocycles. The average Bonchev–Trinajstić information content (AvgIpc) is 3.44. The summed E-state index contributed by atoms with van der Waals surface area (Å²) in [4.78, 5) is 20.5. The third-order valence-electron chi connectivity index (χ3n) is 4.74. The third kappa shape index (κ3) is 4.91. The summed E-state index contributed by atoms with van der Waals surface area (Å²) in [6.07, 6.45) is 1.91. The lowest BCUT2D eigenvalue weighted by molar-refractivity contribution is -0.118. The number of hydrogen-bond donors (Lipinski definition) is 0. The molecule has 31 heavy (non-hydrogen) atoms. The molecule has 0 spiro atoms. The molecule has 0 atom stereocenters. The molecule has 4 aromatic rings. The van der Waals surface area contributed by atoms with Gasteiger partial charge in [-0.25, -0.2) is 9.37 Å². The Kier molecular flexibility index (Phi) is 6.58. The van der Waals surface area contributed by atoms with E-state index in [1.165, 1.54) is 35.2 Å². The van der Waals surface area contributed by atoms with Crippen LogP contribution in [0.15, 0.2) is 64.1 Å². The van der Waals surface area contributed by atoms with Gasteiger partial charge in [-0.15, -0.1) is 11.8 Å². The topological polar surface area (TPSA) is 55.6 Å². The maximum Gasteiger partial charge on any atom is 0.230 e. The maximum absolute atomic E-state index is 13.2. The van der Waals surface area contributed by atoms with E-state index in [0.717, 1.165) is 20.7 Å². The van der Waals surface area contributed by atoms with Gasteiger partial charge in [0.05, 0.1) is 24.6 Å². The molecule has 8 heteroatoms. The van der Waals surface area contributed by atoms with Gasteiger partial charge in [0.2, 0.25) is 5.91 Å². The smallest absolute Gasteiger partial charge is 0.230 e. The van der Waals surface area contributed by atoms with Crippen molar-refractivity contribution < 1.29 is 18.3 Å². The Morgan fingerprint density at radius 1 is 1.23 bits per heavy atom. The summed E-state index contributed by atoms with van der Waals surface area (Å²) in [5, 5.41) is 0.607. The van der Waals surface area contributed by atoms with Crippen molar-refractivity contribution >= 4 is 44.4 Å². The molecule has 0 unspecified atom stereocenters. The van der Waals surface area contributed by atoms with Gasteiger partial charge in [0.1, 0.15) is 22.8 Å². The van der Waals surface area contributed by atoms with Crippen LogP contribution in [0, 0.1) is 12.7 Å². The third-order valence-corrected chi connectivity index (χ3v) is 6.96. The number of fused-ring (bicyclic) bond motifs is 1. The monoisotopic (exact) mass is 456 g/mol. The molecule has 5 nitrogen and oxygen atoms in total. The highest BCUT2D eigenvalue weighted by molar-refractivity contribution is 7.99. The van der Waals surface area contributed by atoms with E-state index < -0.39 is 0 Å². The van der Waals surface area contributed by atoms with Gasteiger partial charge in [-0.05, 0) is 55.0 Å². The number of aromatic nitrogens is 1. The van der Waals surface area contributed by atoms with E-state index in [1.54, 1.807) is 36.5 Å². The first kappa shape index (κ1) is 21.4. The van der Waals surface area contributed by atoms with Crippen molar-refractivity contribution in [2.45, 2.75) is 24.8 Å². The number of thiazole rings is 1. The first-order chi connectivity index (χ1) is 15.0. The number of benzene rings is 2. The van der Waals surface area contributed by atoms with Crippen LogP contribution in [0.5, 0.6) is 5.75 Å². The summed E-state index contributed by atoms with van der Waals surface area (Å²) in [6, 6.07) is 13.8. The summed E-state index contributed by atoms with van der Waals surface area (Å²) in [6.45, 7) is 2.32. The molecular weight excluding hydrogens is 435 g/mol. The molecule has 0 radical (unpaired) electrons. The fraction of sp³-hybridized carbons (Fsp3) is 0.217. The average molecular weight is 457 g/mol. The minimum atomic E-state index is -0.272. The number of rotatable bonds is 8. The van der Waals surface area contributed by atoms with Crippen LogP contribution in [0.2, 0.25) is 0 Å². The van der Waals surface area contributed by atoms with Gasteiger partial charge >= 0.3 is 0 Å². The number of aryl methyl sites for hydroxylation is 1. The highest BCUT2D eigenvalue weighted by atomic mass is 32.2. The highest BCUT2D eigenvalue weighted by Crippen LogP contribution is 2.37. The maximum atomic E-state index is 13.2. The second-order valence-electron chi connectivity index (χ2n) is 6.87. The van der Waals surface area contributed by atoms with Crippen molar-refractivity contribution in [3.63, 3.8) is 0 Å². The van der Waals surface area contributed by atoms with Crippen molar-refractivity contribution in [2.75, 3.05) is 17.8 Å². The lowest BCUT2D eigenvalue weighted by atomic mass is 10.2. The molecular formula is C23H21FN2O3S2. The van der Waals surface area contributed by atoms with E-state index in [9.17, 15) is 9.18 Å². The normalized spacial score (nSPS) is 11.1. The van der Waals surface area contributed by atoms with Crippen molar-refractivity contribution in [1.82, 2.24) is 4.98 Å². The molecule has 2 heterocycles. The quantitative estimate of drug-likeness (QED) is 0.302. The Hall–Kier alpha value is -2.84. The number of furan rings is 1. The molecule has 160 valence electrons. The summed E-state index contributed by atoms with van der Waals surface area (Å²) >= 11 is 2.98. The molecule has 0 saturated heterocycles. The number of anilines is 1. The molecule has 4 rings (SSSR count). The van der Waals surface area contributed by atoms with E-state index >= 15 is 0 Å². The predicted molar refractivity (Wildman–Crippen MR) is 123 cm³/mol. The van der Waals surface area contributed by atoms with Gasteiger partial charge in [0, 0.05) is 17.1 Å². The molecule has 1 amide bonds. The highest BCUT2D eigenvalue weighted by Gasteiger charge is 2.22. The van der Waals surface area contributed by atoms with Gasteiger partial charge in [0.25, 0.3) is 0 Å². The zero-order chi connectivity index (χ0) is 21.8.